The van der Waals surface area contributed by atoms with Crippen LogP contribution in [-0.4, -0.2) is 30.9 Å². The van der Waals surface area contributed by atoms with Crippen molar-refractivity contribution in [3.8, 4) is 0 Å². The monoisotopic (exact) mass is 430 g/mol. The Labute approximate surface area is 195 Å². The molecule has 0 saturated carbocycles. The zero-order valence-electron chi connectivity index (χ0n) is 17.7. The molecule has 0 spiro atoms. The van der Waals surface area contributed by atoms with Gasteiger partial charge in [-0.25, -0.2) is 0 Å². The summed E-state index contributed by atoms with van der Waals surface area (Å²) >= 11 is 0.676. The van der Waals surface area contributed by atoms with Crippen molar-refractivity contribution in [1.82, 2.24) is 0 Å². The van der Waals surface area contributed by atoms with Gasteiger partial charge in [0.25, 0.3) is 0 Å². The standard InChI is InChI=1S/C19H36O7S.Na/c1-3-5-7-9-11-13-23-18(20)15-17(16-27-26-25-22)19(21)24-14-12-10-8-6-4-2;/h17,22H,3-16H2,1-2H3;/q;+1/p-1. The molecular weight excluding hydrogens is 395 g/mol. The van der Waals surface area contributed by atoms with E-state index in [0.717, 1.165) is 51.4 Å². The minimum absolute atomic E-state index is 0. The molecule has 1 atom stereocenters. The third-order valence-corrected chi connectivity index (χ3v) is 4.78. The maximum atomic E-state index is 12.2. The predicted octanol–water partition coefficient (Wildman–Crippen LogP) is 0.896. The minimum atomic E-state index is -0.728. The molecule has 0 fully saturated rings. The Morgan fingerprint density at radius 1 is 0.857 bits per heavy atom. The van der Waals surface area contributed by atoms with Gasteiger partial charge in [0, 0.05) is 17.8 Å². The van der Waals surface area contributed by atoms with Crippen LogP contribution in [0.15, 0.2) is 0 Å². The van der Waals surface area contributed by atoms with E-state index in [2.05, 4.69) is 23.2 Å². The van der Waals surface area contributed by atoms with Crippen LogP contribution < -0.4 is 34.8 Å². The van der Waals surface area contributed by atoms with Crippen molar-refractivity contribution in [1.29, 1.82) is 0 Å². The Bertz CT molecular complexity index is 372. The summed E-state index contributed by atoms with van der Waals surface area (Å²) in [6.45, 7) is 4.97. The van der Waals surface area contributed by atoms with Gasteiger partial charge in [-0.2, -0.15) is 4.33 Å². The second-order valence-corrected chi connectivity index (χ2v) is 7.24. The summed E-state index contributed by atoms with van der Waals surface area (Å²) in [5.41, 5.74) is 0. The summed E-state index contributed by atoms with van der Waals surface area (Å²) in [6.07, 6.45) is 10.5. The Morgan fingerprint density at radius 3 is 1.93 bits per heavy atom. The molecule has 0 aliphatic rings. The molecule has 0 bridgehead atoms. The van der Waals surface area contributed by atoms with E-state index in [4.69, 9.17) is 9.47 Å². The molecule has 0 aliphatic carbocycles. The fraction of sp³-hybridized carbons (Fsp3) is 0.895. The zero-order valence-corrected chi connectivity index (χ0v) is 20.6. The van der Waals surface area contributed by atoms with Gasteiger partial charge in [0.2, 0.25) is 0 Å². The first-order chi connectivity index (χ1) is 13.2. The van der Waals surface area contributed by atoms with Crippen LogP contribution in [0.2, 0.25) is 0 Å². The van der Waals surface area contributed by atoms with Crippen molar-refractivity contribution in [2.75, 3.05) is 19.0 Å². The SMILES string of the molecule is CCCCCCCOC(=O)CC(CSOO[O-])C(=O)OCCCCCCC.[Na+]. The van der Waals surface area contributed by atoms with E-state index >= 15 is 0 Å². The van der Waals surface area contributed by atoms with Crippen LogP contribution in [0.4, 0.5) is 0 Å². The Hall–Kier alpha value is 0.170. The van der Waals surface area contributed by atoms with Crippen molar-refractivity contribution in [3.63, 3.8) is 0 Å². The molecule has 7 nitrogen and oxygen atoms in total. The van der Waals surface area contributed by atoms with Gasteiger partial charge in [0.05, 0.1) is 25.6 Å². The molecule has 0 heterocycles. The average molecular weight is 431 g/mol. The van der Waals surface area contributed by atoms with Crippen LogP contribution in [0.3, 0.4) is 0 Å². The number of hydrogen-bond acceptors (Lipinski definition) is 8. The van der Waals surface area contributed by atoms with Gasteiger partial charge in [0.15, 0.2) is 0 Å². The molecule has 160 valence electrons. The Balaban J connectivity index is 0. The van der Waals surface area contributed by atoms with E-state index in [-0.39, 0.29) is 41.7 Å². The fourth-order valence-corrected chi connectivity index (χ4v) is 3.00. The van der Waals surface area contributed by atoms with Crippen LogP contribution in [0.1, 0.15) is 84.5 Å². The first-order valence-electron chi connectivity index (χ1n) is 10.1. The molecule has 0 rings (SSSR count). The van der Waals surface area contributed by atoms with Gasteiger partial charge in [-0.15, -0.1) is 0 Å². The second kappa shape index (κ2) is 23.4. The van der Waals surface area contributed by atoms with Crippen molar-refractivity contribution < 1.29 is 63.2 Å². The summed E-state index contributed by atoms with van der Waals surface area (Å²) in [7, 11) is 0. The topological polar surface area (TPSA) is 94.1 Å². The molecule has 0 saturated heterocycles. The largest absolute Gasteiger partial charge is 1.00 e. The molecule has 0 aliphatic heterocycles. The van der Waals surface area contributed by atoms with E-state index in [1.165, 1.54) is 12.8 Å². The zero-order chi connectivity index (χ0) is 20.2. The molecule has 9 heteroatoms. The molecule has 1 unspecified atom stereocenters. The smallest absolute Gasteiger partial charge is 0.691 e. The van der Waals surface area contributed by atoms with Crippen LogP contribution in [0.5, 0.6) is 0 Å². The van der Waals surface area contributed by atoms with Crippen LogP contribution in [0, 0.1) is 5.92 Å². The molecule has 0 aromatic heterocycles. The summed E-state index contributed by atoms with van der Waals surface area (Å²) in [4.78, 5) is 24.1. The maximum absolute atomic E-state index is 12.2. The van der Waals surface area contributed by atoms with E-state index in [1.54, 1.807) is 0 Å². The quantitative estimate of drug-likeness (QED) is 0.0745. The molecule has 0 radical (unpaired) electrons. The summed E-state index contributed by atoms with van der Waals surface area (Å²) in [6, 6.07) is 0. The summed E-state index contributed by atoms with van der Waals surface area (Å²) in [5, 5.41) is 13.2. The third-order valence-electron chi connectivity index (χ3n) is 4.09. The molecule has 28 heavy (non-hydrogen) atoms. The van der Waals surface area contributed by atoms with E-state index in [0.29, 0.717) is 25.3 Å². The van der Waals surface area contributed by atoms with Crippen molar-refractivity contribution in [2.45, 2.75) is 84.5 Å². The average Bonchev–Trinajstić information content (AvgIpc) is 2.66. The number of hydrogen-bond donors (Lipinski definition) is 0. The molecule has 0 aromatic rings. The van der Waals surface area contributed by atoms with Crippen LogP contribution in [0.25, 0.3) is 0 Å². The first-order valence-corrected chi connectivity index (χ1v) is 11.0. The van der Waals surface area contributed by atoms with Gasteiger partial charge >= 0.3 is 41.5 Å². The number of rotatable bonds is 19. The van der Waals surface area contributed by atoms with Gasteiger partial charge in [-0.1, -0.05) is 65.2 Å². The molecule has 0 amide bonds. The Morgan fingerprint density at radius 2 is 1.39 bits per heavy atom. The molecular formula is C19H35NaO7S. The van der Waals surface area contributed by atoms with Crippen molar-refractivity contribution in [3.05, 3.63) is 0 Å². The number of ether oxygens (including phenoxy) is 2. The van der Waals surface area contributed by atoms with E-state index < -0.39 is 17.9 Å². The number of carbonyl (C=O) groups is 2. The Kier molecular flexibility index (Phi) is 25.4. The van der Waals surface area contributed by atoms with Gasteiger partial charge in [-0.3, -0.25) is 14.6 Å². The van der Waals surface area contributed by atoms with Gasteiger partial charge in [0.1, 0.15) is 0 Å². The maximum Gasteiger partial charge on any atom is 1.00 e. The minimum Gasteiger partial charge on any atom is -0.691 e. The number of unbranched alkanes of at least 4 members (excludes halogenated alkanes) is 8. The van der Waals surface area contributed by atoms with Gasteiger partial charge in [-0.05, 0) is 12.8 Å². The van der Waals surface area contributed by atoms with Gasteiger partial charge < -0.3 is 14.7 Å². The van der Waals surface area contributed by atoms with E-state index in [9.17, 15) is 14.8 Å². The third kappa shape index (κ3) is 19.5. The second-order valence-electron chi connectivity index (χ2n) is 6.54. The summed E-state index contributed by atoms with van der Waals surface area (Å²) < 4.78 is 14.6. The van der Waals surface area contributed by atoms with Crippen LogP contribution >= 0.6 is 12.0 Å². The predicted molar refractivity (Wildman–Crippen MR) is 102 cm³/mol. The van der Waals surface area contributed by atoms with E-state index in [1.807, 2.05) is 0 Å². The van der Waals surface area contributed by atoms with Crippen molar-refractivity contribution >= 4 is 24.0 Å². The number of esters is 2. The fourth-order valence-electron chi connectivity index (χ4n) is 2.49. The normalized spacial score (nSPS) is 11.5. The van der Waals surface area contributed by atoms with Crippen molar-refractivity contribution in [2.24, 2.45) is 5.92 Å². The molecule has 0 aromatic carbocycles. The van der Waals surface area contributed by atoms with Crippen LogP contribution in [-0.2, 0) is 28.4 Å². The molecule has 0 N–H and O–H groups in total. The summed E-state index contributed by atoms with van der Waals surface area (Å²) in [5.74, 6) is -1.57. The number of carbonyl (C=O) groups excluding carboxylic acids is 2. The first kappa shape index (κ1) is 30.4.